The first-order chi connectivity index (χ1) is 14.4. The van der Waals surface area contributed by atoms with E-state index in [1.807, 2.05) is 37.3 Å². The smallest absolute Gasteiger partial charge is 0.222 e. The first-order valence-electron chi connectivity index (χ1n) is 10.7. The monoisotopic (exact) mass is 436 g/mol. The van der Waals surface area contributed by atoms with Crippen molar-refractivity contribution in [1.29, 1.82) is 0 Å². The zero-order chi connectivity index (χ0) is 21.4. The first-order valence-corrected chi connectivity index (χ1v) is 12.5. The summed E-state index contributed by atoms with van der Waals surface area (Å²) in [7, 11) is -2.99. The number of hydrogen-bond acceptors (Lipinski definition) is 5. The third-order valence-electron chi connectivity index (χ3n) is 5.32. The number of nitrogens with zero attached hydrogens (tertiary/aromatic N) is 2. The van der Waals surface area contributed by atoms with Crippen LogP contribution in [0.4, 0.5) is 0 Å². The Labute approximate surface area is 179 Å². The number of aliphatic imine (C=N–C) groups is 1. The predicted molar refractivity (Wildman–Crippen MR) is 117 cm³/mol. The maximum Gasteiger partial charge on any atom is 0.222 e. The molecule has 0 saturated carbocycles. The van der Waals surface area contributed by atoms with Gasteiger partial charge in [0.25, 0.3) is 0 Å². The number of ether oxygens (including phenoxy) is 1. The molecule has 1 atom stereocenters. The standard InChI is InChI=1S/C21H32N4O4S/c1-2-22-21(23-12-8-20(26)24-17-11-15-30(27,28)16-17)25-13-9-19(10-14-25)29-18-6-4-3-5-7-18/h3-7,17,19H,2,8-16H2,1H3,(H,22,23)(H,24,26). The van der Waals surface area contributed by atoms with Crippen LogP contribution in [-0.2, 0) is 14.6 Å². The van der Waals surface area contributed by atoms with Gasteiger partial charge in [0, 0.05) is 44.9 Å². The van der Waals surface area contributed by atoms with Crippen LogP contribution in [0.1, 0.15) is 32.6 Å². The first kappa shape index (κ1) is 22.4. The zero-order valence-corrected chi connectivity index (χ0v) is 18.4. The van der Waals surface area contributed by atoms with Crippen LogP contribution < -0.4 is 15.4 Å². The zero-order valence-electron chi connectivity index (χ0n) is 17.5. The summed E-state index contributed by atoms with van der Waals surface area (Å²) in [5.41, 5.74) is 0. The molecule has 166 valence electrons. The Morgan fingerprint density at radius 3 is 2.57 bits per heavy atom. The molecule has 0 aliphatic carbocycles. The van der Waals surface area contributed by atoms with Crippen LogP contribution in [0.5, 0.6) is 5.75 Å². The fraction of sp³-hybridized carbons (Fsp3) is 0.619. The second-order valence-corrected chi connectivity index (χ2v) is 10.00. The second-order valence-electron chi connectivity index (χ2n) is 7.77. The maximum absolute atomic E-state index is 12.1. The number of likely N-dealkylation sites (tertiary alicyclic amines) is 1. The molecule has 0 radical (unpaired) electrons. The number of rotatable bonds is 7. The number of piperidine rings is 1. The Bertz CT molecular complexity index is 821. The van der Waals surface area contributed by atoms with Gasteiger partial charge in [0.15, 0.2) is 15.8 Å². The van der Waals surface area contributed by atoms with E-state index in [4.69, 9.17) is 4.74 Å². The SMILES string of the molecule is CCNC(=NCCC(=O)NC1CCS(=O)(=O)C1)N1CCC(Oc2ccccc2)CC1. The molecule has 1 amide bonds. The fourth-order valence-electron chi connectivity index (χ4n) is 3.77. The van der Waals surface area contributed by atoms with Crippen molar-refractivity contribution in [2.24, 2.45) is 4.99 Å². The van der Waals surface area contributed by atoms with Gasteiger partial charge in [-0.15, -0.1) is 0 Å². The number of guanidine groups is 1. The van der Waals surface area contributed by atoms with Crippen LogP contribution in [0.3, 0.4) is 0 Å². The number of carbonyl (C=O) groups is 1. The molecule has 2 heterocycles. The number of para-hydroxylation sites is 1. The van der Waals surface area contributed by atoms with Crippen molar-refractivity contribution in [3.8, 4) is 5.75 Å². The topological polar surface area (TPSA) is 100 Å². The highest BCUT2D eigenvalue weighted by molar-refractivity contribution is 7.91. The molecule has 1 unspecified atom stereocenters. The van der Waals surface area contributed by atoms with Crippen molar-refractivity contribution in [2.75, 3.05) is 37.7 Å². The van der Waals surface area contributed by atoms with Crippen LogP contribution in [0.2, 0.25) is 0 Å². The van der Waals surface area contributed by atoms with Crippen molar-refractivity contribution in [3.05, 3.63) is 30.3 Å². The van der Waals surface area contributed by atoms with E-state index >= 15 is 0 Å². The fourth-order valence-corrected chi connectivity index (χ4v) is 5.45. The third kappa shape index (κ3) is 6.90. The van der Waals surface area contributed by atoms with Gasteiger partial charge in [-0.2, -0.15) is 0 Å². The summed E-state index contributed by atoms with van der Waals surface area (Å²) < 4.78 is 29.1. The Hall–Kier alpha value is -2.29. The number of hydrogen-bond donors (Lipinski definition) is 2. The summed E-state index contributed by atoms with van der Waals surface area (Å²) in [6.07, 6.45) is 2.77. The molecule has 3 rings (SSSR count). The average molecular weight is 437 g/mol. The minimum atomic E-state index is -2.99. The van der Waals surface area contributed by atoms with Crippen molar-refractivity contribution in [3.63, 3.8) is 0 Å². The lowest BCUT2D eigenvalue weighted by molar-refractivity contribution is -0.121. The largest absolute Gasteiger partial charge is 0.490 e. The Kier molecular flexibility index (Phi) is 7.95. The van der Waals surface area contributed by atoms with Crippen molar-refractivity contribution in [2.45, 2.75) is 44.8 Å². The summed E-state index contributed by atoms with van der Waals surface area (Å²) in [6.45, 7) is 4.83. The molecular formula is C21H32N4O4S. The van der Waals surface area contributed by atoms with E-state index in [0.717, 1.165) is 44.2 Å². The summed E-state index contributed by atoms with van der Waals surface area (Å²) in [5, 5.41) is 6.11. The summed E-state index contributed by atoms with van der Waals surface area (Å²) in [5.74, 6) is 1.77. The molecule has 2 fully saturated rings. The number of nitrogens with one attached hydrogen (secondary N) is 2. The average Bonchev–Trinajstić information content (AvgIpc) is 3.07. The molecule has 2 N–H and O–H groups in total. The van der Waals surface area contributed by atoms with Gasteiger partial charge in [0.1, 0.15) is 11.9 Å². The maximum atomic E-state index is 12.1. The second kappa shape index (κ2) is 10.7. The van der Waals surface area contributed by atoms with E-state index in [2.05, 4.69) is 20.5 Å². The highest BCUT2D eigenvalue weighted by Gasteiger charge is 2.28. The highest BCUT2D eigenvalue weighted by Crippen LogP contribution is 2.18. The molecule has 2 aliphatic heterocycles. The number of amides is 1. The van der Waals surface area contributed by atoms with Crippen molar-refractivity contribution < 1.29 is 17.9 Å². The van der Waals surface area contributed by atoms with Crippen LogP contribution in [0.25, 0.3) is 0 Å². The van der Waals surface area contributed by atoms with E-state index in [1.54, 1.807) is 0 Å². The third-order valence-corrected chi connectivity index (χ3v) is 7.09. The van der Waals surface area contributed by atoms with E-state index in [1.165, 1.54) is 0 Å². The highest BCUT2D eigenvalue weighted by atomic mass is 32.2. The van der Waals surface area contributed by atoms with Gasteiger partial charge in [-0.3, -0.25) is 9.79 Å². The quantitative estimate of drug-likeness (QED) is 0.492. The number of benzene rings is 1. The van der Waals surface area contributed by atoms with E-state index < -0.39 is 9.84 Å². The summed E-state index contributed by atoms with van der Waals surface area (Å²) in [6, 6.07) is 9.62. The lowest BCUT2D eigenvalue weighted by atomic mass is 10.1. The van der Waals surface area contributed by atoms with E-state index in [-0.39, 0.29) is 36.0 Å². The van der Waals surface area contributed by atoms with E-state index in [9.17, 15) is 13.2 Å². The minimum absolute atomic E-state index is 0.0463. The molecule has 1 aromatic carbocycles. The van der Waals surface area contributed by atoms with Crippen LogP contribution in [0.15, 0.2) is 35.3 Å². The van der Waals surface area contributed by atoms with Gasteiger partial charge in [0.05, 0.1) is 18.1 Å². The molecule has 2 aliphatic rings. The molecular weight excluding hydrogens is 404 g/mol. The Morgan fingerprint density at radius 1 is 1.20 bits per heavy atom. The van der Waals surface area contributed by atoms with E-state index in [0.29, 0.717) is 13.0 Å². The Morgan fingerprint density at radius 2 is 1.93 bits per heavy atom. The lowest BCUT2D eigenvalue weighted by Crippen LogP contribution is -2.47. The van der Waals surface area contributed by atoms with Crippen molar-refractivity contribution in [1.82, 2.24) is 15.5 Å². The van der Waals surface area contributed by atoms with Crippen molar-refractivity contribution >= 4 is 21.7 Å². The molecule has 0 bridgehead atoms. The van der Waals surface area contributed by atoms with Gasteiger partial charge < -0.3 is 20.3 Å². The molecule has 30 heavy (non-hydrogen) atoms. The van der Waals surface area contributed by atoms with Crippen LogP contribution >= 0.6 is 0 Å². The number of sulfone groups is 1. The molecule has 8 nitrogen and oxygen atoms in total. The predicted octanol–water partition coefficient (Wildman–Crippen LogP) is 1.19. The normalized spacial score (nSPS) is 22.0. The Balaban J connectivity index is 1.43. The molecule has 9 heteroatoms. The molecule has 1 aromatic rings. The number of carbonyl (C=O) groups excluding carboxylic acids is 1. The molecule has 0 aromatic heterocycles. The van der Waals surface area contributed by atoms with Gasteiger partial charge in [-0.05, 0) is 25.5 Å². The minimum Gasteiger partial charge on any atom is -0.490 e. The van der Waals surface area contributed by atoms with Gasteiger partial charge >= 0.3 is 0 Å². The lowest BCUT2D eigenvalue weighted by Gasteiger charge is -2.34. The summed E-state index contributed by atoms with van der Waals surface area (Å²) in [4.78, 5) is 18.9. The van der Waals surface area contributed by atoms with Gasteiger partial charge in [0.2, 0.25) is 5.91 Å². The van der Waals surface area contributed by atoms with Crippen LogP contribution in [-0.4, -0.2) is 75.0 Å². The van der Waals surface area contributed by atoms with Gasteiger partial charge in [-0.25, -0.2) is 8.42 Å². The summed E-state index contributed by atoms with van der Waals surface area (Å²) >= 11 is 0. The molecule has 2 saturated heterocycles. The molecule has 0 spiro atoms. The van der Waals surface area contributed by atoms with Gasteiger partial charge in [-0.1, -0.05) is 18.2 Å². The van der Waals surface area contributed by atoms with Crippen LogP contribution in [0, 0.1) is 0 Å².